The molecule has 6 nitrogen and oxygen atoms in total. The van der Waals surface area contributed by atoms with E-state index in [2.05, 4.69) is 12.2 Å². The van der Waals surface area contributed by atoms with Crippen LogP contribution in [0.1, 0.15) is 65.6 Å². The zero-order valence-electron chi connectivity index (χ0n) is 17.8. The first kappa shape index (κ1) is 23.1. The molecule has 7 heteroatoms. The van der Waals surface area contributed by atoms with E-state index < -0.39 is 17.6 Å². The van der Waals surface area contributed by atoms with Gasteiger partial charge in [-0.2, -0.15) is 0 Å². The highest BCUT2D eigenvalue weighted by atomic mass is 35.5. The molecule has 2 aromatic rings. The molecular formula is C22H31ClN2O4. The highest BCUT2D eigenvalue weighted by molar-refractivity contribution is 6.31. The fraction of sp³-hybridized carbons (Fsp3) is 0.545. The highest BCUT2D eigenvalue weighted by Crippen LogP contribution is 2.41. The van der Waals surface area contributed by atoms with E-state index in [0.717, 1.165) is 19.3 Å². The number of nitrogens with zero attached hydrogens (tertiary/aromatic N) is 1. The standard InChI is InChI=1S/C22H31ClN2O4/c1-6-8-12-29-18-16-13-14(23)9-10-15(16)20(26)25(11-7-2)17(18)19(22(3,4)5)24-21(27)28/h9-10,13,19,24H,6-8,11-12H2,1-5H3,(H,27,28). The van der Waals surface area contributed by atoms with Crippen LogP contribution in [0.2, 0.25) is 5.02 Å². The number of hydrogen-bond acceptors (Lipinski definition) is 3. The highest BCUT2D eigenvalue weighted by Gasteiger charge is 2.34. The monoisotopic (exact) mass is 422 g/mol. The summed E-state index contributed by atoms with van der Waals surface area (Å²) in [4.78, 5) is 25.0. The summed E-state index contributed by atoms with van der Waals surface area (Å²) in [6.45, 7) is 10.8. The van der Waals surface area contributed by atoms with Gasteiger partial charge >= 0.3 is 6.09 Å². The van der Waals surface area contributed by atoms with Gasteiger partial charge in [-0.1, -0.05) is 52.6 Å². The maximum Gasteiger partial charge on any atom is 0.405 e. The van der Waals surface area contributed by atoms with Crippen molar-refractivity contribution in [2.75, 3.05) is 6.61 Å². The number of fused-ring (bicyclic) bond motifs is 1. The number of aromatic nitrogens is 1. The number of unbranched alkanes of at least 4 members (excludes halogenated alkanes) is 1. The summed E-state index contributed by atoms with van der Waals surface area (Å²) in [5, 5.41) is 13.7. The van der Waals surface area contributed by atoms with Crippen molar-refractivity contribution in [1.82, 2.24) is 9.88 Å². The van der Waals surface area contributed by atoms with Crippen LogP contribution in [0, 0.1) is 5.41 Å². The number of ether oxygens (including phenoxy) is 1. The van der Waals surface area contributed by atoms with Gasteiger partial charge in [0, 0.05) is 17.0 Å². The number of benzene rings is 1. The minimum Gasteiger partial charge on any atom is -0.491 e. The fourth-order valence-electron chi connectivity index (χ4n) is 3.43. The first-order valence-electron chi connectivity index (χ1n) is 10.1. The maximum atomic E-state index is 13.3. The van der Waals surface area contributed by atoms with Gasteiger partial charge in [0.2, 0.25) is 0 Å². The second-order valence-electron chi connectivity index (χ2n) is 8.31. The molecule has 2 rings (SSSR count). The molecule has 0 aliphatic rings. The molecule has 0 aliphatic heterocycles. The van der Waals surface area contributed by atoms with Crippen molar-refractivity contribution in [3.05, 3.63) is 39.3 Å². The van der Waals surface area contributed by atoms with E-state index in [0.29, 0.717) is 40.4 Å². The molecule has 0 saturated heterocycles. The summed E-state index contributed by atoms with van der Waals surface area (Å²) in [5.74, 6) is 0.526. The Balaban J connectivity index is 2.93. The van der Waals surface area contributed by atoms with Crippen molar-refractivity contribution < 1.29 is 14.6 Å². The summed E-state index contributed by atoms with van der Waals surface area (Å²) >= 11 is 6.24. The van der Waals surface area contributed by atoms with Crippen LogP contribution < -0.4 is 15.6 Å². The number of halogens is 1. The molecule has 1 heterocycles. The van der Waals surface area contributed by atoms with E-state index in [4.69, 9.17) is 16.3 Å². The van der Waals surface area contributed by atoms with Gasteiger partial charge in [-0.05, 0) is 36.5 Å². The quantitative estimate of drug-likeness (QED) is 0.542. The molecule has 0 fully saturated rings. The zero-order valence-corrected chi connectivity index (χ0v) is 18.6. The molecule has 0 radical (unpaired) electrons. The average molecular weight is 423 g/mol. The van der Waals surface area contributed by atoms with E-state index in [1.165, 1.54) is 0 Å². The minimum atomic E-state index is -1.15. The molecule has 1 unspecified atom stereocenters. The van der Waals surface area contributed by atoms with Crippen LogP contribution in [0.5, 0.6) is 5.75 Å². The summed E-state index contributed by atoms with van der Waals surface area (Å²) in [6, 6.07) is 4.48. The van der Waals surface area contributed by atoms with Crippen LogP contribution in [0.15, 0.2) is 23.0 Å². The third-order valence-corrected chi connectivity index (χ3v) is 5.06. The van der Waals surface area contributed by atoms with Crippen molar-refractivity contribution >= 4 is 28.5 Å². The number of nitrogens with one attached hydrogen (secondary N) is 1. The Labute approximate surface area is 176 Å². The first-order valence-corrected chi connectivity index (χ1v) is 10.5. The first-order chi connectivity index (χ1) is 13.6. The van der Waals surface area contributed by atoms with E-state index >= 15 is 0 Å². The third-order valence-electron chi connectivity index (χ3n) is 4.82. The molecule has 160 valence electrons. The molecule has 1 aromatic carbocycles. The van der Waals surface area contributed by atoms with Crippen LogP contribution >= 0.6 is 11.6 Å². The molecule has 29 heavy (non-hydrogen) atoms. The van der Waals surface area contributed by atoms with E-state index in [9.17, 15) is 14.7 Å². The Bertz CT molecular complexity index is 931. The van der Waals surface area contributed by atoms with Gasteiger partial charge in [0.25, 0.3) is 5.56 Å². The predicted molar refractivity (Wildman–Crippen MR) is 117 cm³/mol. The minimum absolute atomic E-state index is 0.169. The number of rotatable bonds is 8. The van der Waals surface area contributed by atoms with Gasteiger partial charge in [0.15, 0.2) is 0 Å². The number of pyridine rings is 1. The van der Waals surface area contributed by atoms with Crippen LogP contribution in [-0.2, 0) is 6.54 Å². The summed E-state index contributed by atoms with van der Waals surface area (Å²) in [7, 11) is 0. The lowest BCUT2D eigenvalue weighted by Crippen LogP contribution is -2.40. The molecule has 1 amide bonds. The van der Waals surface area contributed by atoms with Crippen LogP contribution in [0.4, 0.5) is 4.79 Å². The second-order valence-corrected chi connectivity index (χ2v) is 8.75. The SMILES string of the molecule is CCCCOc1c(C(NC(=O)O)C(C)(C)C)n(CCC)c(=O)c2ccc(Cl)cc12. The average Bonchev–Trinajstić information content (AvgIpc) is 2.62. The molecule has 0 bridgehead atoms. The largest absolute Gasteiger partial charge is 0.491 e. The Morgan fingerprint density at radius 2 is 1.93 bits per heavy atom. The van der Waals surface area contributed by atoms with Crippen molar-refractivity contribution in [3.8, 4) is 5.75 Å². The smallest absolute Gasteiger partial charge is 0.405 e. The topological polar surface area (TPSA) is 80.6 Å². The Kier molecular flexibility index (Phi) is 7.58. The van der Waals surface area contributed by atoms with E-state index in [-0.39, 0.29) is 5.56 Å². The number of hydrogen-bond donors (Lipinski definition) is 2. The number of amides is 1. The Hall–Kier alpha value is -2.21. The number of carbonyl (C=O) groups is 1. The predicted octanol–water partition coefficient (Wildman–Crippen LogP) is 5.60. The molecule has 2 N–H and O–H groups in total. The Morgan fingerprint density at radius 1 is 1.24 bits per heavy atom. The lowest BCUT2D eigenvalue weighted by atomic mass is 9.83. The van der Waals surface area contributed by atoms with Crippen molar-refractivity contribution in [1.29, 1.82) is 0 Å². The molecular weight excluding hydrogens is 392 g/mol. The van der Waals surface area contributed by atoms with Gasteiger partial charge < -0.3 is 19.7 Å². The normalized spacial score (nSPS) is 12.8. The lowest BCUT2D eigenvalue weighted by Gasteiger charge is -2.34. The van der Waals surface area contributed by atoms with E-state index in [1.54, 1.807) is 22.8 Å². The van der Waals surface area contributed by atoms with Gasteiger partial charge in [0.1, 0.15) is 5.75 Å². The summed E-state index contributed by atoms with van der Waals surface area (Å²) < 4.78 is 7.85. The van der Waals surface area contributed by atoms with Crippen LogP contribution in [-0.4, -0.2) is 22.4 Å². The van der Waals surface area contributed by atoms with Crippen molar-refractivity contribution in [3.63, 3.8) is 0 Å². The third kappa shape index (κ3) is 5.24. The Morgan fingerprint density at radius 3 is 2.48 bits per heavy atom. The van der Waals surface area contributed by atoms with Crippen LogP contribution in [0.3, 0.4) is 0 Å². The van der Waals surface area contributed by atoms with Crippen LogP contribution in [0.25, 0.3) is 10.8 Å². The molecule has 0 aliphatic carbocycles. The molecule has 0 saturated carbocycles. The maximum absolute atomic E-state index is 13.3. The van der Waals surface area contributed by atoms with Crippen molar-refractivity contribution in [2.45, 2.75) is 66.5 Å². The summed E-state index contributed by atoms with van der Waals surface area (Å²) in [5.41, 5.74) is -0.106. The lowest BCUT2D eigenvalue weighted by molar-refractivity contribution is 0.170. The molecule has 0 spiro atoms. The van der Waals surface area contributed by atoms with Gasteiger partial charge in [-0.25, -0.2) is 4.79 Å². The zero-order chi connectivity index (χ0) is 21.8. The van der Waals surface area contributed by atoms with Crippen molar-refractivity contribution in [2.24, 2.45) is 5.41 Å². The second kappa shape index (κ2) is 9.53. The molecule has 1 atom stereocenters. The number of carboxylic acid groups (broad SMARTS) is 1. The van der Waals surface area contributed by atoms with Gasteiger partial charge in [-0.15, -0.1) is 0 Å². The fourth-order valence-corrected chi connectivity index (χ4v) is 3.60. The summed E-state index contributed by atoms with van der Waals surface area (Å²) in [6.07, 6.45) is 1.38. The van der Waals surface area contributed by atoms with Gasteiger partial charge in [0.05, 0.1) is 23.7 Å². The van der Waals surface area contributed by atoms with Gasteiger partial charge in [-0.3, -0.25) is 4.79 Å². The molecule has 1 aromatic heterocycles. The van der Waals surface area contributed by atoms with E-state index in [1.807, 2.05) is 27.7 Å².